The first-order chi connectivity index (χ1) is 14.5. The number of carbonyl (C=O) groups is 1. The number of hydrogen-bond donors (Lipinski definition) is 2. The number of carbonyl (C=O) groups excluding carboxylic acids is 1. The van der Waals surface area contributed by atoms with Crippen LogP contribution in [0.15, 0.2) is 24.5 Å². The van der Waals surface area contributed by atoms with Crippen LogP contribution < -0.4 is 10.6 Å². The number of hydrogen-bond acceptors (Lipinski definition) is 8. The number of nitrogens with two attached hydrogens (primary N) is 1. The van der Waals surface area contributed by atoms with Gasteiger partial charge in [-0.25, -0.2) is 9.97 Å². The van der Waals surface area contributed by atoms with Crippen molar-refractivity contribution in [2.75, 3.05) is 24.7 Å². The first-order valence-corrected chi connectivity index (χ1v) is 10.4. The molecule has 154 valence electrons. The summed E-state index contributed by atoms with van der Waals surface area (Å²) in [6, 6.07) is 3.97. The number of rotatable bonds is 4. The van der Waals surface area contributed by atoms with Crippen LogP contribution in [0.25, 0.3) is 27.3 Å². The molecule has 1 amide bonds. The van der Waals surface area contributed by atoms with Crippen molar-refractivity contribution in [1.82, 2.24) is 29.9 Å². The molecule has 30 heavy (non-hydrogen) atoms. The number of primary amides is 1. The molecule has 0 saturated carbocycles. The molecule has 3 N–H and O–H groups in total. The van der Waals surface area contributed by atoms with E-state index in [4.69, 9.17) is 15.5 Å². The van der Waals surface area contributed by atoms with Crippen LogP contribution in [0.1, 0.15) is 22.4 Å². The molecule has 1 aliphatic heterocycles. The van der Waals surface area contributed by atoms with Crippen molar-refractivity contribution < 1.29 is 9.53 Å². The molecule has 0 bridgehead atoms. The zero-order chi connectivity index (χ0) is 20.8. The fourth-order valence-corrected chi connectivity index (χ4v) is 4.66. The number of anilines is 1. The number of H-pyrrole nitrogens is 1. The van der Waals surface area contributed by atoms with Crippen LogP contribution in [0.4, 0.5) is 5.82 Å². The van der Waals surface area contributed by atoms with Gasteiger partial charge < -0.3 is 15.4 Å². The van der Waals surface area contributed by atoms with Crippen molar-refractivity contribution in [3.8, 4) is 16.3 Å². The maximum Gasteiger partial charge on any atom is 0.268 e. The van der Waals surface area contributed by atoms with Crippen LogP contribution >= 0.6 is 11.3 Å². The predicted molar refractivity (Wildman–Crippen MR) is 113 cm³/mol. The molecular formula is C19H20N8O2S. The van der Waals surface area contributed by atoms with Crippen molar-refractivity contribution in [3.63, 3.8) is 0 Å². The van der Waals surface area contributed by atoms with E-state index in [9.17, 15) is 4.79 Å². The minimum Gasteiger partial charge on any atom is -0.377 e. The molecule has 0 unspecified atom stereocenters. The van der Waals surface area contributed by atoms with Crippen LogP contribution in [0.5, 0.6) is 0 Å². The van der Waals surface area contributed by atoms with Crippen molar-refractivity contribution in [1.29, 1.82) is 0 Å². The Bertz CT molecular complexity index is 1230. The van der Waals surface area contributed by atoms with E-state index < -0.39 is 5.91 Å². The Morgan fingerprint density at radius 2 is 2.23 bits per heavy atom. The molecule has 4 aromatic heterocycles. The summed E-state index contributed by atoms with van der Waals surface area (Å²) < 4.78 is 7.27. The number of ether oxygens (including phenoxy) is 1. The van der Waals surface area contributed by atoms with Gasteiger partial charge in [-0.05, 0) is 19.9 Å². The van der Waals surface area contributed by atoms with Crippen LogP contribution in [0.3, 0.4) is 0 Å². The third kappa shape index (κ3) is 3.02. The molecule has 5 rings (SSSR count). The molecule has 1 aliphatic rings. The Balaban J connectivity index is 1.78. The zero-order valence-corrected chi connectivity index (χ0v) is 17.3. The highest BCUT2D eigenvalue weighted by molar-refractivity contribution is 7.15. The molecule has 0 spiro atoms. The summed E-state index contributed by atoms with van der Waals surface area (Å²) in [5.74, 6) is 0.860. The van der Waals surface area contributed by atoms with Gasteiger partial charge in [-0.1, -0.05) is 0 Å². The van der Waals surface area contributed by atoms with Crippen molar-refractivity contribution in [2.24, 2.45) is 5.73 Å². The average molecular weight is 424 g/mol. The molecule has 1 fully saturated rings. The fraction of sp³-hybridized carbons (Fsp3) is 0.316. The van der Waals surface area contributed by atoms with E-state index in [-0.39, 0.29) is 11.7 Å². The predicted octanol–water partition coefficient (Wildman–Crippen LogP) is 1.90. The van der Waals surface area contributed by atoms with Gasteiger partial charge in [0, 0.05) is 29.8 Å². The summed E-state index contributed by atoms with van der Waals surface area (Å²) in [5, 5.41) is 13.1. The number of thiazole rings is 1. The standard InChI is InChI=1S/C19H20N8O2S/c1-10-9-29-6-5-26(10)15-7-12(17-16(18(20)28)23-11(2)30-17)13-8-22-27(19(13)24-15)14-3-4-21-25-14/h3-4,7-8,10H,5-6,9H2,1-2H3,(H2,20,28)(H,21,25)/t10-/m1/s1. The summed E-state index contributed by atoms with van der Waals surface area (Å²) in [6.45, 7) is 5.93. The Morgan fingerprint density at radius 3 is 2.97 bits per heavy atom. The van der Waals surface area contributed by atoms with Gasteiger partial charge in [0.2, 0.25) is 0 Å². The first kappa shape index (κ1) is 18.7. The highest BCUT2D eigenvalue weighted by atomic mass is 32.1. The van der Waals surface area contributed by atoms with Gasteiger partial charge >= 0.3 is 0 Å². The minimum absolute atomic E-state index is 0.164. The lowest BCUT2D eigenvalue weighted by molar-refractivity contribution is 0.0985. The molecule has 0 radical (unpaired) electrons. The third-order valence-electron chi connectivity index (χ3n) is 5.10. The second kappa shape index (κ2) is 7.18. The number of nitrogens with one attached hydrogen (secondary N) is 1. The highest BCUT2D eigenvalue weighted by Crippen LogP contribution is 2.38. The van der Waals surface area contributed by atoms with Gasteiger partial charge in [0.05, 0.1) is 35.3 Å². The number of nitrogens with zero attached hydrogens (tertiary/aromatic N) is 6. The zero-order valence-electron chi connectivity index (χ0n) is 16.5. The number of fused-ring (bicyclic) bond motifs is 1. The SMILES string of the molecule is Cc1nc(C(N)=O)c(-c2cc(N3CCOC[C@H]3C)nc3c2cnn3-c2cc[nH]n2)s1. The number of morpholine rings is 1. The molecule has 4 aromatic rings. The van der Waals surface area contributed by atoms with Gasteiger partial charge in [-0.3, -0.25) is 9.89 Å². The Hall–Kier alpha value is -3.31. The molecule has 5 heterocycles. The summed E-state index contributed by atoms with van der Waals surface area (Å²) in [6.07, 6.45) is 3.47. The van der Waals surface area contributed by atoms with Crippen LogP contribution in [0, 0.1) is 6.92 Å². The monoisotopic (exact) mass is 424 g/mol. The highest BCUT2D eigenvalue weighted by Gasteiger charge is 2.26. The number of aromatic nitrogens is 6. The maximum atomic E-state index is 12.1. The summed E-state index contributed by atoms with van der Waals surface area (Å²) >= 11 is 1.43. The number of amides is 1. The molecule has 1 saturated heterocycles. The van der Waals surface area contributed by atoms with Gasteiger partial charge in [0.15, 0.2) is 11.5 Å². The van der Waals surface area contributed by atoms with Crippen molar-refractivity contribution in [3.05, 3.63) is 35.2 Å². The van der Waals surface area contributed by atoms with Crippen LogP contribution in [-0.4, -0.2) is 61.7 Å². The van der Waals surface area contributed by atoms with Crippen molar-refractivity contribution in [2.45, 2.75) is 19.9 Å². The number of aryl methyl sites for hydroxylation is 1. The Labute approximate surface area is 175 Å². The second-order valence-electron chi connectivity index (χ2n) is 7.15. The lowest BCUT2D eigenvalue weighted by atomic mass is 10.1. The van der Waals surface area contributed by atoms with E-state index >= 15 is 0 Å². The van der Waals surface area contributed by atoms with Crippen LogP contribution in [0.2, 0.25) is 0 Å². The molecular weight excluding hydrogens is 404 g/mol. The molecule has 0 aromatic carbocycles. The normalized spacial score (nSPS) is 17.0. The second-order valence-corrected chi connectivity index (χ2v) is 8.35. The fourth-order valence-electron chi connectivity index (χ4n) is 3.70. The quantitative estimate of drug-likeness (QED) is 0.512. The average Bonchev–Trinajstić information content (AvgIpc) is 3.46. The van der Waals surface area contributed by atoms with Crippen LogP contribution in [-0.2, 0) is 4.74 Å². The maximum absolute atomic E-state index is 12.1. The summed E-state index contributed by atoms with van der Waals surface area (Å²) in [4.78, 5) is 24.3. The lowest BCUT2D eigenvalue weighted by Crippen LogP contribution is -2.44. The summed E-state index contributed by atoms with van der Waals surface area (Å²) in [5.41, 5.74) is 7.36. The summed E-state index contributed by atoms with van der Waals surface area (Å²) in [7, 11) is 0. The first-order valence-electron chi connectivity index (χ1n) is 9.54. The lowest BCUT2D eigenvalue weighted by Gasteiger charge is -2.34. The topological polar surface area (TPSA) is 128 Å². The molecule has 11 heteroatoms. The molecule has 0 aliphatic carbocycles. The van der Waals surface area contributed by atoms with E-state index in [1.165, 1.54) is 11.3 Å². The number of pyridine rings is 1. The van der Waals surface area contributed by atoms with E-state index in [1.54, 1.807) is 17.1 Å². The van der Waals surface area contributed by atoms with E-state index in [1.807, 2.05) is 19.1 Å². The van der Waals surface area contributed by atoms with E-state index in [2.05, 4.69) is 32.1 Å². The number of aromatic amines is 1. The van der Waals surface area contributed by atoms with Gasteiger partial charge in [0.25, 0.3) is 5.91 Å². The van der Waals surface area contributed by atoms with Gasteiger partial charge in [-0.2, -0.15) is 14.9 Å². The molecule has 10 nitrogen and oxygen atoms in total. The third-order valence-corrected chi connectivity index (χ3v) is 6.11. The van der Waals surface area contributed by atoms with Crippen molar-refractivity contribution >= 4 is 34.1 Å². The molecule has 1 atom stereocenters. The van der Waals surface area contributed by atoms with Gasteiger partial charge in [-0.15, -0.1) is 11.3 Å². The Kier molecular flexibility index (Phi) is 4.48. The van der Waals surface area contributed by atoms with Gasteiger partial charge in [0.1, 0.15) is 11.5 Å². The Morgan fingerprint density at radius 1 is 1.37 bits per heavy atom. The largest absolute Gasteiger partial charge is 0.377 e. The van der Waals surface area contributed by atoms with E-state index in [0.29, 0.717) is 24.7 Å². The van der Waals surface area contributed by atoms with E-state index in [0.717, 1.165) is 33.2 Å². The minimum atomic E-state index is -0.555. The smallest absolute Gasteiger partial charge is 0.268 e.